The first-order chi connectivity index (χ1) is 16.8. The average molecular weight is 500 g/mol. The van der Waals surface area contributed by atoms with Gasteiger partial charge in [0.05, 0.1) is 0 Å². The molecule has 2 heteroatoms. The quantitative estimate of drug-likeness (QED) is 0.238. The van der Waals surface area contributed by atoms with Gasteiger partial charge < -0.3 is 5.32 Å². The minimum atomic E-state index is 1.07. The maximum atomic E-state index is 3.49. The van der Waals surface area contributed by atoms with Crippen LogP contribution in [0.25, 0.3) is 43.8 Å². The zero-order valence-corrected chi connectivity index (χ0v) is 20.1. The monoisotopic (exact) mass is 499 g/mol. The molecule has 0 fully saturated rings. The van der Waals surface area contributed by atoms with Crippen LogP contribution >= 0.6 is 15.9 Å². The van der Waals surface area contributed by atoms with Crippen molar-refractivity contribution in [1.82, 2.24) is 0 Å². The Morgan fingerprint density at radius 3 is 1.82 bits per heavy atom. The lowest BCUT2D eigenvalue weighted by molar-refractivity contribution is 1.53. The third-order valence-corrected chi connectivity index (χ3v) is 6.86. The van der Waals surface area contributed by atoms with Crippen LogP contribution in [-0.4, -0.2) is 0 Å². The van der Waals surface area contributed by atoms with E-state index in [0.717, 1.165) is 15.8 Å². The van der Waals surface area contributed by atoms with Crippen molar-refractivity contribution in [2.24, 2.45) is 0 Å². The van der Waals surface area contributed by atoms with E-state index in [0.29, 0.717) is 0 Å². The van der Waals surface area contributed by atoms with Crippen LogP contribution in [-0.2, 0) is 0 Å². The fourth-order valence-electron chi connectivity index (χ4n) is 4.68. The van der Waals surface area contributed by atoms with Gasteiger partial charge in [-0.3, -0.25) is 0 Å². The molecule has 6 rings (SSSR count). The summed E-state index contributed by atoms with van der Waals surface area (Å²) in [6, 6.07) is 45.3. The summed E-state index contributed by atoms with van der Waals surface area (Å²) in [5, 5.41) is 8.61. The standard InChI is InChI=1S/C32H22BrN/c33-24-15-19-26(20-16-24)34-25-17-12-23(13-18-25)28-8-3-4-9-29(28)31-11-5-10-30-27-7-2-1-6-22(27)14-21-32(30)31/h1-21,34H. The van der Waals surface area contributed by atoms with Crippen LogP contribution in [0.4, 0.5) is 11.4 Å². The molecule has 0 aliphatic carbocycles. The lowest BCUT2D eigenvalue weighted by Gasteiger charge is -2.14. The number of halogens is 1. The van der Waals surface area contributed by atoms with Crippen LogP contribution in [0.1, 0.15) is 0 Å². The minimum Gasteiger partial charge on any atom is -0.356 e. The number of fused-ring (bicyclic) bond motifs is 3. The summed E-state index contributed by atoms with van der Waals surface area (Å²) in [4.78, 5) is 0. The van der Waals surface area contributed by atoms with E-state index in [4.69, 9.17) is 0 Å². The van der Waals surface area contributed by atoms with Crippen LogP contribution in [0.2, 0.25) is 0 Å². The summed E-state index contributed by atoms with van der Waals surface area (Å²) >= 11 is 3.49. The number of rotatable bonds is 4. The molecule has 34 heavy (non-hydrogen) atoms. The van der Waals surface area contributed by atoms with Gasteiger partial charge in [-0.2, -0.15) is 0 Å². The number of nitrogens with one attached hydrogen (secondary N) is 1. The van der Waals surface area contributed by atoms with E-state index in [1.165, 1.54) is 43.8 Å². The first kappa shape index (κ1) is 20.7. The van der Waals surface area contributed by atoms with E-state index in [2.05, 4.69) is 137 Å². The molecule has 6 aromatic carbocycles. The van der Waals surface area contributed by atoms with E-state index in [1.54, 1.807) is 0 Å². The van der Waals surface area contributed by atoms with Gasteiger partial charge in [0.15, 0.2) is 0 Å². The molecule has 1 nitrogen and oxygen atoms in total. The number of anilines is 2. The number of hydrogen-bond donors (Lipinski definition) is 1. The third-order valence-electron chi connectivity index (χ3n) is 6.33. The zero-order valence-electron chi connectivity index (χ0n) is 18.5. The van der Waals surface area contributed by atoms with Crippen molar-refractivity contribution in [2.75, 3.05) is 5.32 Å². The summed E-state index contributed by atoms with van der Waals surface area (Å²) in [5.41, 5.74) is 7.08. The van der Waals surface area contributed by atoms with E-state index < -0.39 is 0 Å². The van der Waals surface area contributed by atoms with E-state index in [9.17, 15) is 0 Å². The zero-order chi connectivity index (χ0) is 22.9. The van der Waals surface area contributed by atoms with Gasteiger partial charge in [0.1, 0.15) is 0 Å². The normalized spacial score (nSPS) is 11.1. The highest BCUT2D eigenvalue weighted by Gasteiger charge is 2.11. The molecule has 162 valence electrons. The molecular weight excluding hydrogens is 478 g/mol. The Morgan fingerprint density at radius 1 is 0.412 bits per heavy atom. The summed E-state index contributed by atoms with van der Waals surface area (Å²) in [5.74, 6) is 0. The van der Waals surface area contributed by atoms with Crippen LogP contribution in [0, 0.1) is 0 Å². The van der Waals surface area contributed by atoms with Crippen LogP contribution in [0.15, 0.2) is 132 Å². The summed E-state index contributed by atoms with van der Waals surface area (Å²) in [7, 11) is 0. The van der Waals surface area contributed by atoms with Crippen LogP contribution in [0.3, 0.4) is 0 Å². The molecule has 0 saturated heterocycles. The van der Waals surface area contributed by atoms with Crippen molar-refractivity contribution in [3.05, 3.63) is 132 Å². The molecule has 0 radical (unpaired) electrons. The van der Waals surface area contributed by atoms with Gasteiger partial charge in [-0.15, -0.1) is 0 Å². The lowest BCUT2D eigenvalue weighted by atomic mass is 9.90. The third kappa shape index (κ3) is 3.87. The topological polar surface area (TPSA) is 12.0 Å². The maximum absolute atomic E-state index is 3.49. The molecular formula is C32H22BrN. The van der Waals surface area contributed by atoms with E-state index >= 15 is 0 Å². The Kier molecular flexibility index (Phi) is 5.37. The van der Waals surface area contributed by atoms with Crippen molar-refractivity contribution < 1.29 is 0 Å². The number of hydrogen-bond acceptors (Lipinski definition) is 1. The second kappa shape index (κ2) is 8.81. The van der Waals surface area contributed by atoms with Crippen molar-refractivity contribution in [3.8, 4) is 22.3 Å². The number of benzene rings is 6. The first-order valence-corrected chi connectivity index (χ1v) is 12.2. The minimum absolute atomic E-state index is 1.07. The first-order valence-electron chi connectivity index (χ1n) is 11.4. The molecule has 0 atom stereocenters. The van der Waals surface area contributed by atoms with Crippen molar-refractivity contribution in [2.45, 2.75) is 0 Å². The molecule has 0 unspecified atom stereocenters. The Balaban J connectivity index is 1.41. The lowest BCUT2D eigenvalue weighted by Crippen LogP contribution is -1.91. The predicted molar refractivity (Wildman–Crippen MR) is 150 cm³/mol. The van der Waals surface area contributed by atoms with Gasteiger partial charge in [0, 0.05) is 15.8 Å². The summed E-state index contributed by atoms with van der Waals surface area (Å²) in [6.07, 6.45) is 0. The average Bonchev–Trinajstić information content (AvgIpc) is 2.90. The second-order valence-corrected chi connectivity index (χ2v) is 9.36. The van der Waals surface area contributed by atoms with Crippen LogP contribution < -0.4 is 5.32 Å². The molecule has 0 aliphatic rings. The fourth-order valence-corrected chi connectivity index (χ4v) is 4.94. The highest BCUT2D eigenvalue weighted by Crippen LogP contribution is 2.38. The van der Waals surface area contributed by atoms with Gasteiger partial charge in [-0.1, -0.05) is 107 Å². The molecule has 0 bridgehead atoms. The van der Waals surface area contributed by atoms with Gasteiger partial charge in [0.2, 0.25) is 0 Å². The Hall–Kier alpha value is -3.88. The molecule has 0 amide bonds. The molecule has 6 aromatic rings. The van der Waals surface area contributed by atoms with Gasteiger partial charge in [-0.25, -0.2) is 0 Å². The van der Waals surface area contributed by atoms with E-state index in [1.807, 2.05) is 12.1 Å². The van der Waals surface area contributed by atoms with Crippen molar-refractivity contribution in [1.29, 1.82) is 0 Å². The maximum Gasteiger partial charge on any atom is 0.0384 e. The molecule has 0 spiro atoms. The summed E-state index contributed by atoms with van der Waals surface area (Å²) in [6.45, 7) is 0. The molecule has 0 saturated carbocycles. The highest BCUT2D eigenvalue weighted by atomic mass is 79.9. The highest BCUT2D eigenvalue weighted by molar-refractivity contribution is 9.10. The van der Waals surface area contributed by atoms with Crippen molar-refractivity contribution in [3.63, 3.8) is 0 Å². The van der Waals surface area contributed by atoms with E-state index in [-0.39, 0.29) is 0 Å². The van der Waals surface area contributed by atoms with Gasteiger partial charge in [-0.05, 0) is 80.2 Å². The molecule has 0 heterocycles. The Bertz CT molecular complexity index is 1620. The molecule has 0 aliphatic heterocycles. The fraction of sp³-hybridized carbons (Fsp3) is 0. The van der Waals surface area contributed by atoms with Crippen LogP contribution in [0.5, 0.6) is 0 Å². The predicted octanol–water partition coefficient (Wildman–Crippen LogP) is 9.83. The summed E-state index contributed by atoms with van der Waals surface area (Å²) < 4.78 is 1.08. The Labute approximate surface area is 207 Å². The van der Waals surface area contributed by atoms with Crippen molar-refractivity contribution >= 4 is 48.8 Å². The molecule has 1 N–H and O–H groups in total. The Morgan fingerprint density at radius 2 is 1.03 bits per heavy atom. The SMILES string of the molecule is Brc1ccc(Nc2ccc(-c3ccccc3-c3cccc4c3ccc3ccccc34)cc2)cc1. The van der Waals surface area contributed by atoms with Gasteiger partial charge in [0.25, 0.3) is 0 Å². The molecule has 0 aromatic heterocycles. The smallest absolute Gasteiger partial charge is 0.0384 e. The van der Waals surface area contributed by atoms with Gasteiger partial charge >= 0.3 is 0 Å². The second-order valence-electron chi connectivity index (χ2n) is 8.44. The largest absolute Gasteiger partial charge is 0.356 e.